The number of fused-ring (bicyclic) bond motifs is 1. The average molecular weight is 425 g/mol. The van der Waals surface area contributed by atoms with Gasteiger partial charge in [0.1, 0.15) is 5.78 Å². The fourth-order valence-corrected chi connectivity index (χ4v) is 3.69. The minimum Gasteiger partial charge on any atom is -0.423 e. The van der Waals surface area contributed by atoms with Gasteiger partial charge in [0.15, 0.2) is 0 Å². The van der Waals surface area contributed by atoms with Crippen molar-refractivity contribution in [3.05, 3.63) is 71.5 Å². The molecular weight excluding hydrogens is 397 g/mol. The zero-order valence-corrected chi connectivity index (χ0v) is 18.2. The van der Waals surface area contributed by atoms with Crippen LogP contribution in [-0.4, -0.2) is 53.5 Å². The SMILES string of the molecule is CN(C)Cc1c(B(O)O)cccc1[C@@H](CN)C(=O)Cc1ccc2cnccc2c1.S. The topological polar surface area (TPSA) is 99.7 Å². The maximum absolute atomic E-state index is 13.2. The fraction of sp³-hybridized carbons (Fsp3) is 0.273. The molecule has 30 heavy (non-hydrogen) atoms. The van der Waals surface area contributed by atoms with Crippen LogP contribution in [0.4, 0.5) is 0 Å². The number of pyridine rings is 1. The molecular formula is C22H28BN3O3S. The number of nitrogens with zero attached hydrogens (tertiary/aromatic N) is 2. The lowest BCUT2D eigenvalue weighted by molar-refractivity contribution is -0.119. The molecule has 0 saturated heterocycles. The standard InChI is InChI=1S/C22H26BN3O3.H2S/c1-26(2)14-20-18(4-3-5-21(20)23(28)29)19(12-24)22(27)11-15-6-7-17-13-25-9-8-16(17)10-15;/h3-10,13,19,28-29H,11-12,14,24H2,1-2H3;1H2/t19-;/m1./s1. The number of hydrogen-bond donors (Lipinski definition) is 3. The van der Waals surface area contributed by atoms with Crippen molar-refractivity contribution in [1.82, 2.24) is 9.88 Å². The van der Waals surface area contributed by atoms with E-state index in [-0.39, 0.29) is 32.2 Å². The predicted octanol–water partition coefficient (Wildman–Crippen LogP) is 0.943. The second kappa shape index (κ2) is 10.7. The second-order valence-electron chi connectivity index (χ2n) is 7.52. The van der Waals surface area contributed by atoms with E-state index in [4.69, 9.17) is 5.73 Å². The van der Waals surface area contributed by atoms with E-state index in [1.165, 1.54) is 0 Å². The Morgan fingerprint density at radius 3 is 2.60 bits per heavy atom. The van der Waals surface area contributed by atoms with Gasteiger partial charge in [0.2, 0.25) is 0 Å². The highest BCUT2D eigenvalue weighted by Crippen LogP contribution is 2.23. The predicted molar refractivity (Wildman–Crippen MR) is 126 cm³/mol. The van der Waals surface area contributed by atoms with E-state index in [9.17, 15) is 14.8 Å². The first kappa shape index (κ1) is 24.0. The summed E-state index contributed by atoms with van der Waals surface area (Å²) in [6.07, 6.45) is 3.78. The Bertz CT molecular complexity index is 1010. The maximum atomic E-state index is 13.2. The minimum atomic E-state index is -1.60. The van der Waals surface area contributed by atoms with Crippen LogP contribution in [0.1, 0.15) is 22.6 Å². The Balaban J connectivity index is 0.00000320. The fourth-order valence-electron chi connectivity index (χ4n) is 3.69. The smallest absolute Gasteiger partial charge is 0.423 e. The molecule has 0 aliphatic rings. The van der Waals surface area contributed by atoms with Crippen LogP contribution in [0.15, 0.2) is 54.9 Å². The molecule has 0 radical (unpaired) electrons. The van der Waals surface area contributed by atoms with E-state index in [0.29, 0.717) is 12.0 Å². The number of nitrogens with two attached hydrogens (primary N) is 1. The second-order valence-corrected chi connectivity index (χ2v) is 7.52. The number of carbonyl (C=O) groups excluding carboxylic acids is 1. The summed E-state index contributed by atoms with van der Waals surface area (Å²) >= 11 is 0. The summed E-state index contributed by atoms with van der Waals surface area (Å²) in [5.41, 5.74) is 8.82. The quantitative estimate of drug-likeness (QED) is 0.465. The van der Waals surface area contributed by atoms with Crippen LogP contribution in [0.3, 0.4) is 0 Å². The van der Waals surface area contributed by atoms with Gasteiger partial charge in [-0.1, -0.05) is 36.4 Å². The van der Waals surface area contributed by atoms with Crippen molar-refractivity contribution in [2.24, 2.45) is 5.73 Å². The van der Waals surface area contributed by atoms with Crippen molar-refractivity contribution in [1.29, 1.82) is 0 Å². The van der Waals surface area contributed by atoms with Crippen molar-refractivity contribution >= 4 is 42.6 Å². The van der Waals surface area contributed by atoms with Crippen molar-refractivity contribution in [3.8, 4) is 0 Å². The molecule has 3 aromatic rings. The molecule has 2 aromatic carbocycles. The van der Waals surface area contributed by atoms with Gasteiger partial charge in [-0.25, -0.2) is 0 Å². The molecule has 6 nitrogen and oxygen atoms in total. The first-order valence-corrected chi connectivity index (χ1v) is 9.58. The van der Waals surface area contributed by atoms with Crippen LogP contribution in [-0.2, 0) is 17.8 Å². The van der Waals surface area contributed by atoms with E-state index in [0.717, 1.165) is 27.5 Å². The molecule has 158 valence electrons. The zero-order valence-electron chi connectivity index (χ0n) is 17.2. The highest BCUT2D eigenvalue weighted by atomic mass is 32.1. The highest BCUT2D eigenvalue weighted by Gasteiger charge is 2.26. The third-order valence-electron chi connectivity index (χ3n) is 5.08. The summed E-state index contributed by atoms with van der Waals surface area (Å²) < 4.78 is 0. The third-order valence-corrected chi connectivity index (χ3v) is 5.08. The molecule has 4 N–H and O–H groups in total. The van der Waals surface area contributed by atoms with E-state index in [1.54, 1.807) is 24.5 Å². The van der Waals surface area contributed by atoms with Crippen LogP contribution in [0, 0.1) is 0 Å². The molecule has 1 atom stereocenters. The summed E-state index contributed by atoms with van der Waals surface area (Å²) in [6, 6.07) is 13.1. The van der Waals surface area contributed by atoms with Crippen molar-refractivity contribution in [2.75, 3.05) is 20.6 Å². The molecule has 0 aliphatic carbocycles. The lowest BCUT2D eigenvalue weighted by Crippen LogP contribution is -2.37. The minimum absolute atomic E-state index is 0. The van der Waals surface area contributed by atoms with Gasteiger partial charge in [0, 0.05) is 37.3 Å². The lowest BCUT2D eigenvalue weighted by Gasteiger charge is -2.23. The number of ketones is 1. The Morgan fingerprint density at radius 2 is 1.93 bits per heavy atom. The van der Waals surface area contributed by atoms with E-state index in [2.05, 4.69) is 4.98 Å². The normalized spacial score (nSPS) is 11.9. The molecule has 1 heterocycles. The van der Waals surface area contributed by atoms with Crippen molar-refractivity contribution < 1.29 is 14.8 Å². The highest BCUT2D eigenvalue weighted by molar-refractivity contribution is 7.59. The van der Waals surface area contributed by atoms with E-state index >= 15 is 0 Å². The van der Waals surface area contributed by atoms with E-state index < -0.39 is 13.0 Å². The molecule has 1 aromatic heterocycles. The Hall–Kier alpha value is -2.23. The largest absolute Gasteiger partial charge is 0.488 e. The third kappa shape index (κ3) is 5.47. The van der Waals surface area contributed by atoms with E-state index in [1.807, 2.05) is 49.3 Å². The maximum Gasteiger partial charge on any atom is 0.488 e. The molecule has 8 heteroatoms. The number of hydrogen-bond acceptors (Lipinski definition) is 6. The van der Waals surface area contributed by atoms with Crippen molar-refractivity contribution in [3.63, 3.8) is 0 Å². The summed E-state index contributed by atoms with van der Waals surface area (Å²) in [6.45, 7) is 0.637. The molecule has 3 rings (SSSR count). The number of rotatable bonds is 8. The monoisotopic (exact) mass is 425 g/mol. The molecule has 0 fully saturated rings. The zero-order chi connectivity index (χ0) is 21.0. The van der Waals surface area contributed by atoms with Crippen LogP contribution in [0.25, 0.3) is 10.8 Å². The van der Waals surface area contributed by atoms with Gasteiger partial charge < -0.3 is 20.7 Å². The molecule has 0 unspecified atom stereocenters. The summed E-state index contributed by atoms with van der Waals surface area (Å²) in [5, 5.41) is 21.6. The number of aromatic nitrogens is 1. The molecule has 0 amide bonds. The van der Waals surface area contributed by atoms with Crippen LogP contribution in [0.5, 0.6) is 0 Å². The van der Waals surface area contributed by atoms with Gasteiger partial charge in [-0.05, 0) is 47.7 Å². The van der Waals surface area contributed by atoms with Gasteiger partial charge in [-0.3, -0.25) is 9.78 Å². The number of Topliss-reactive ketones (excluding diaryl/α,β-unsaturated/α-hetero) is 1. The molecule has 0 saturated carbocycles. The van der Waals surface area contributed by atoms with Crippen LogP contribution in [0.2, 0.25) is 0 Å². The number of carbonyl (C=O) groups is 1. The average Bonchev–Trinajstić information content (AvgIpc) is 2.69. The van der Waals surface area contributed by atoms with Crippen LogP contribution < -0.4 is 11.2 Å². The van der Waals surface area contributed by atoms with Gasteiger partial charge >= 0.3 is 7.12 Å². The Kier molecular flexibility index (Phi) is 8.58. The summed E-state index contributed by atoms with van der Waals surface area (Å²) in [5.74, 6) is -0.512. The summed E-state index contributed by atoms with van der Waals surface area (Å²) in [4.78, 5) is 19.2. The molecule has 0 aliphatic heterocycles. The first-order valence-electron chi connectivity index (χ1n) is 9.58. The molecule has 0 bridgehead atoms. The van der Waals surface area contributed by atoms with Gasteiger partial charge in [0.05, 0.1) is 5.92 Å². The van der Waals surface area contributed by atoms with Gasteiger partial charge in [-0.15, -0.1) is 0 Å². The molecule has 0 spiro atoms. The lowest BCUT2D eigenvalue weighted by atomic mass is 9.73. The van der Waals surface area contributed by atoms with Crippen LogP contribution >= 0.6 is 13.5 Å². The van der Waals surface area contributed by atoms with Gasteiger partial charge in [0.25, 0.3) is 0 Å². The van der Waals surface area contributed by atoms with Crippen molar-refractivity contribution in [2.45, 2.75) is 18.9 Å². The Labute approximate surface area is 184 Å². The Morgan fingerprint density at radius 1 is 1.17 bits per heavy atom. The van der Waals surface area contributed by atoms with Gasteiger partial charge in [-0.2, -0.15) is 13.5 Å². The first-order chi connectivity index (χ1) is 13.9. The summed E-state index contributed by atoms with van der Waals surface area (Å²) in [7, 11) is 2.19. The number of benzene rings is 2.